The van der Waals surface area contributed by atoms with Crippen molar-refractivity contribution in [2.24, 2.45) is 0 Å². The fourth-order valence-corrected chi connectivity index (χ4v) is 3.26. The van der Waals surface area contributed by atoms with Gasteiger partial charge in [0.15, 0.2) is 0 Å². The van der Waals surface area contributed by atoms with Crippen molar-refractivity contribution in [3.63, 3.8) is 0 Å². The fraction of sp³-hybridized carbons (Fsp3) is 0.174. The lowest BCUT2D eigenvalue weighted by Gasteiger charge is -2.12. The van der Waals surface area contributed by atoms with Crippen molar-refractivity contribution in [3.05, 3.63) is 71.7 Å². The zero-order valence-electron chi connectivity index (χ0n) is 17.6. The summed E-state index contributed by atoms with van der Waals surface area (Å²) in [5.74, 6) is 1.62. The molecule has 0 aliphatic rings. The number of alkyl halides is 3. The molecule has 0 aliphatic carbocycles. The molecule has 0 unspecified atom stereocenters. The zero-order chi connectivity index (χ0) is 22.9. The van der Waals surface area contributed by atoms with Gasteiger partial charge in [0, 0.05) is 29.7 Å². The number of halogens is 3. The Balaban J connectivity index is 1.62. The van der Waals surface area contributed by atoms with Crippen LogP contribution >= 0.6 is 0 Å². The fourth-order valence-electron chi connectivity index (χ4n) is 3.26. The topological polar surface area (TPSA) is 75.7 Å². The van der Waals surface area contributed by atoms with Crippen molar-refractivity contribution in [1.29, 1.82) is 0 Å². The van der Waals surface area contributed by atoms with Gasteiger partial charge in [0.25, 0.3) is 0 Å². The second-order valence-electron chi connectivity index (χ2n) is 7.23. The number of nitrogens with zero attached hydrogens (tertiary/aromatic N) is 3. The van der Waals surface area contributed by atoms with E-state index in [0.29, 0.717) is 34.5 Å². The molecule has 0 spiro atoms. The minimum Gasteiger partial charge on any atom is -0.496 e. The van der Waals surface area contributed by atoms with Gasteiger partial charge in [-0.15, -0.1) is 0 Å². The third-order valence-electron chi connectivity index (χ3n) is 4.88. The van der Waals surface area contributed by atoms with Crippen LogP contribution in [0, 0.1) is 13.8 Å². The Morgan fingerprint density at radius 2 is 1.75 bits per heavy atom. The van der Waals surface area contributed by atoms with Crippen molar-refractivity contribution in [1.82, 2.24) is 19.9 Å². The van der Waals surface area contributed by atoms with E-state index >= 15 is 0 Å². The number of imidazole rings is 1. The average molecular weight is 439 g/mol. The van der Waals surface area contributed by atoms with Gasteiger partial charge in [0.05, 0.1) is 29.6 Å². The summed E-state index contributed by atoms with van der Waals surface area (Å²) in [5.41, 5.74) is 3.53. The maximum Gasteiger partial charge on any atom is 0.416 e. The number of hydrogen-bond donors (Lipinski definition) is 2. The highest BCUT2D eigenvalue weighted by atomic mass is 19.4. The molecule has 0 atom stereocenters. The lowest BCUT2D eigenvalue weighted by atomic mass is 10.1. The Kier molecular flexibility index (Phi) is 5.56. The van der Waals surface area contributed by atoms with Crippen LogP contribution in [0.15, 0.2) is 54.9 Å². The molecule has 9 heteroatoms. The smallest absolute Gasteiger partial charge is 0.416 e. The lowest BCUT2D eigenvalue weighted by Crippen LogP contribution is -2.04. The molecule has 0 aliphatic heterocycles. The Morgan fingerprint density at radius 3 is 2.38 bits per heavy atom. The van der Waals surface area contributed by atoms with E-state index in [-0.39, 0.29) is 0 Å². The molecule has 2 N–H and O–H groups in total. The van der Waals surface area contributed by atoms with Crippen molar-refractivity contribution in [2.45, 2.75) is 20.0 Å². The van der Waals surface area contributed by atoms with Gasteiger partial charge < -0.3 is 15.0 Å². The molecule has 0 saturated heterocycles. The Bertz CT molecular complexity index is 1250. The van der Waals surface area contributed by atoms with E-state index in [1.54, 1.807) is 26.3 Å². The first-order chi connectivity index (χ1) is 15.2. The first-order valence-electron chi connectivity index (χ1n) is 9.73. The van der Waals surface area contributed by atoms with Gasteiger partial charge in [-0.25, -0.2) is 15.0 Å². The minimum absolute atomic E-state index is 0.314. The Hall–Kier alpha value is -3.88. The predicted octanol–water partition coefficient (Wildman–Crippen LogP) is 5.92. The van der Waals surface area contributed by atoms with Crippen LogP contribution in [0.5, 0.6) is 5.75 Å². The maximum absolute atomic E-state index is 12.9. The molecule has 0 amide bonds. The SMILES string of the molecule is COc1cc(Nc2ncc(C)c(-c3ccc(C(F)(F)F)cc3)n2)ccc1-c1nc(C)c[nH]1. The second kappa shape index (κ2) is 8.33. The molecule has 2 aromatic heterocycles. The molecule has 0 fully saturated rings. The Morgan fingerprint density at radius 1 is 1.00 bits per heavy atom. The third kappa shape index (κ3) is 4.41. The molecule has 164 valence electrons. The van der Waals surface area contributed by atoms with Crippen LogP contribution in [-0.2, 0) is 6.18 Å². The largest absolute Gasteiger partial charge is 0.496 e. The van der Waals surface area contributed by atoms with Crippen LogP contribution in [-0.4, -0.2) is 27.0 Å². The number of ether oxygens (including phenoxy) is 1. The van der Waals surface area contributed by atoms with E-state index in [2.05, 4.69) is 25.3 Å². The first kappa shape index (κ1) is 21.4. The van der Waals surface area contributed by atoms with Gasteiger partial charge in [-0.3, -0.25) is 0 Å². The van der Waals surface area contributed by atoms with Gasteiger partial charge in [0.2, 0.25) is 5.95 Å². The first-order valence-corrected chi connectivity index (χ1v) is 9.73. The number of nitrogens with one attached hydrogen (secondary N) is 2. The van der Waals surface area contributed by atoms with Crippen LogP contribution in [0.4, 0.5) is 24.8 Å². The number of methoxy groups -OCH3 is 1. The standard InChI is InChI=1S/C23H20F3N5O/c1-13-11-28-22(31-20(13)15-4-6-16(7-5-15)23(24,25)26)30-17-8-9-18(19(10-17)32-3)21-27-12-14(2)29-21/h4-12H,1-3H3,(H,27,29)(H,28,30,31). The third-order valence-corrected chi connectivity index (χ3v) is 4.88. The van der Waals surface area contributed by atoms with E-state index in [4.69, 9.17) is 4.74 Å². The van der Waals surface area contributed by atoms with Crippen LogP contribution in [0.2, 0.25) is 0 Å². The van der Waals surface area contributed by atoms with Crippen molar-refractivity contribution < 1.29 is 17.9 Å². The molecule has 32 heavy (non-hydrogen) atoms. The number of aromatic amines is 1. The Labute approximate surface area is 182 Å². The van der Waals surface area contributed by atoms with Crippen molar-refractivity contribution in [2.75, 3.05) is 12.4 Å². The minimum atomic E-state index is -4.38. The van der Waals surface area contributed by atoms with E-state index in [1.165, 1.54) is 12.1 Å². The second-order valence-corrected chi connectivity index (χ2v) is 7.23. The molecular formula is C23H20F3N5O. The number of H-pyrrole nitrogens is 1. The summed E-state index contributed by atoms with van der Waals surface area (Å²) >= 11 is 0. The molecular weight excluding hydrogens is 419 g/mol. The number of benzene rings is 2. The predicted molar refractivity (Wildman–Crippen MR) is 116 cm³/mol. The highest BCUT2D eigenvalue weighted by Crippen LogP contribution is 2.33. The molecule has 4 rings (SSSR count). The number of hydrogen-bond acceptors (Lipinski definition) is 5. The number of aromatic nitrogens is 4. The van der Waals surface area contributed by atoms with E-state index in [9.17, 15) is 13.2 Å². The van der Waals surface area contributed by atoms with Crippen molar-refractivity contribution in [3.8, 4) is 28.4 Å². The van der Waals surface area contributed by atoms with Crippen LogP contribution in [0.3, 0.4) is 0 Å². The van der Waals surface area contributed by atoms with Gasteiger partial charge in [-0.2, -0.15) is 13.2 Å². The molecule has 2 aromatic carbocycles. The molecule has 6 nitrogen and oxygen atoms in total. The molecule has 0 bridgehead atoms. The summed E-state index contributed by atoms with van der Waals surface area (Å²) in [5, 5.41) is 3.12. The van der Waals surface area contributed by atoms with Gasteiger partial charge >= 0.3 is 6.18 Å². The number of rotatable bonds is 5. The lowest BCUT2D eigenvalue weighted by molar-refractivity contribution is -0.137. The average Bonchev–Trinajstić information content (AvgIpc) is 3.20. The van der Waals surface area contributed by atoms with E-state index in [1.807, 2.05) is 25.3 Å². The normalized spacial score (nSPS) is 11.4. The summed E-state index contributed by atoms with van der Waals surface area (Å²) in [6.45, 7) is 3.70. The quantitative estimate of drug-likeness (QED) is 0.404. The molecule has 0 saturated carbocycles. The summed E-state index contributed by atoms with van der Waals surface area (Å²) in [4.78, 5) is 16.3. The van der Waals surface area contributed by atoms with Gasteiger partial charge in [-0.1, -0.05) is 12.1 Å². The number of aryl methyl sites for hydroxylation is 2. The summed E-state index contributed by atoms with van der Waals surface area (Å²) in [6.07, 6.45) is -0.949. The number of anilines is 2. The van der Waals surface area contributed by atoms with Gasteiger partial charge in [-0.05, 0) is 43.7 Å². The molecule has 0 radical (unpaired) electrons. The van der Waals surface area contributed by atoms with Crippen LogP contribution in [0.1, 0.15) is 16.8 Å². The molecule has 4 aromatic rings. The summed E-state index contributed by atoms with van der Waals surface area (Å²) < 4.78 is 44.1. The monoisotopic (exact) mass is 439 g/mol. The maximum atomic E-state index is 12.9. The van der Waals surface area contributed by atoms with Crippen LogP contribution < -0.4 is 10.1 Å². The van der Waals surface area contributed by atoms with Crippen LogP contribution in [0.25, 0.3) is 22.6 Å². The molecule has 2 heterocycles. The summed E-state index contributed by atoms with van der Waals surface area (Å²) in [7, 11) is 1.57. The van der Waals surface area contributed by atoms with E-state index in [0.717, 1.165) is 29.0 Å². The highest BCUT2D eigenvalue weighted by molar-refractivity contribution is 5.71. The van der Waals surface area contributed by atoms with E-state index < -0.39 is 11.7 Å². The summed E-state index contributed by atoms with van der Waals surface area (Å²) in [6, 6.07) is 10.4. The zero-order valence-corrected chi connectivity index (χ0v) is 17.6. The van der Waals surface area contributed by atoms with Crippen molar-refractivity contribution >= 4 is 11.6 Å². The highest BCUT2D eigenvalue weighted by Gasteiger charge is 2.30. The van der Waals surface area contributed by atoms with Gasteiger partial charge in [0.1, 0.15) is 11.6 Å².